The number of nitrogens with one attached hydrogen (secondary N) is 1. The molecule has 4 rings (SSSR count). The van der Waals surface area contributed by atoms with Crippen molar-refractivity contribution in [1.82, 2.24) is 19.6 Å². The maximum Gasteiger partial charge on any atom is 0.295 e. The van der Waals surface area contributed by atoms with Crippen molar-refractivity contribution in [2.24, 2.45) is 13.0 Å². The number of nitrogens with zero attached hydrogens (tertiary/aromatic N) is 4. The van der Waals surface area contributed by atoms with E-state index in [1.807, 2.05) is 30.3 Å². The number of anilines is 1. The highest BCUT2D eigenvalue weighted by atomic mass is 32.2. The molecule has 3 aromatic rings. The maximum atomic E-state index is 13.0. The van der Waals surface area contributed by atoms with Crippen LogP contribution in [0.5, 0.6) is 0 Å². The van der Waals surface area contributed by atoms with Crippen molar-refractivity contribution in [2.75, 3.05) is 16.8 Å². The van der Waals surface area contributed by atoms with Gasteiger partial charge in [-0.05, 0) is 38.3 Å². The van der Waals surface area contributed by atoms with E-state index in [4.69, 9.17) is 4.42 Å². The van der Waals surface area contributed by atoms with Crippen LogP contribution in [-0.2, 0) is 28.1 Å². The Morgan fingerprint density at radius 2 is 2.03 bits per heavy atom. The Labute approximate surface area is 195 Å². The Hall–Kier alpha value is -2.86. The Morgan fingerprint density at radius 3 is 2.70 bits per heavy atom. The number of carbonyl (C=O) groups is 1. The molecule has 1 fully saturated rings. The van der Waals surface area contributed by atoms with Crippen molar-refractivity contribution in [2.45, 2.75) is 37.2 Å². The number of para-hydroxylation sites is 1. The van der Waals surface area contributed by atoms with Crippen LogP contribution >= 0.6 is 11.8 Å². The quantitative estimate of drug-likeness (QED) is 0.497. The average Bonchev–Trinajstić information content (AvgIpc) is 3.42. The van der Waals surface area contributed by atoms with E-state index in [-0.39, 0.29) is 39.8 Å². The summed E-state index contributed by atoms with van der Waals surface area (Å²) in [6.45, 7) is 3.45. The summed E-state index contributed by atoms with van der Waals surface area (Å²) >= 11 is 1.08. The van der Waals surface area contributed by atoms with Crippen molar-refractivity contribution in [3.8, 4) is 5.69 Å². The summed E-state index contributed by atoms with van der Waals surface area (Å²) in [5, 5.41) is 10.3. The molecule has 2 aromatic heterocycles. The predicted molar refractivity (Wildman–Crippen MR) is 124 cm³/mol. The van der Waals surface area contributed by atoms with Gasteiger partial charge in [0, 0.05) is 13.5 Å². The van der Waals surface area contributed by atoms with Crippen LogP contribution in [-0.4, -0.2) is 50.6 Å². The van der Waals surface area contributed by atoms with Gasteiger partial charge in [-0.25, -0.2) is 13.1 Å². The zero-order valence-electron chi connectivity index (χ0n) is 18.5. The van der Waals surface area contributed by atoms with Gasteiger partial charge >= 0.3 is 0 Å². The standard InChI is InChI=1S/C21H25N5O5S2/c1-13-18(20(28)26(25(13)3)16-7-5-4-6-8-16)22-19(27)14(2)32-21-24-23-17(31-21)11-15-9-10-33(29,30)12-15/h4-8,14-15H,9-12H2,1-3H3,(H,22,27)/t14-,15-/m0/s1. The van der Waals surface area contributed by atoms with E-state index in [1.54, 1.807) is 25.6 Å². The first-order chi connectivity index (χ1) is 15.6. The molecule has 3 heterocycles. The number of amides is 1. The van der Waals surface area contributed by atoms with Crippen molar-refractivity contribution in [3.05, 3.63) is 52.3 Å². The highest BCUT2D eigenvalue weighted by molar-refractivity contribution is 8.00. The van der Waals surface area contributed by atoms with Crippen molar-refractivity contribution in [1.29, 1.82) is 0 Å². The maximum absolute atomic E-state index is 13.0. The third kappa shape index (κ3) is 5.06. The van der Waals surface area contributed by atoms with E-state index in [0.29, 0.717) is 30.1 Å². The van der Waals surface area contributed by atoms with Crippen LogP contribution in [0.15, 0.2) is 44.8 Å². The minimum absolute atomic E-state index is 0.0261. The second-order valence-corrected chi connectivity index (χ2v) is 11.6. The van der Waals surface area contributed by atoms with Crippen LogP contribution in [0.25, 0.3) is 5.69 Å². The molecule has 12 heteroatoms. The molecule has 1 aliphatic heterocycles. The van der Waals surface area contributed by atoms with E-state index in [1.165, 1.54) is 4.68 Å². The normalized spacial score (nSPS) is 18.3. The summed E-state index contributed by atoms with van der Waals surface area (Å²) in [6, 6.07) is 9.18. The SMILES string of the molecule is Cc1c(NC(=O)[C@H](C)Sc2nnc(C[C@@H]3CCS(=O)(=O)C3)o2)c(=O)n(-c2ccccc2)n1C. The second kappa shape index (κ2) is 9.18. The molecule has 1 N–H and O–H groups in total. The largest absolute Gasteiger partial charge is 0.416 e. The van der Waals surface area contributed by atoms with Gasteiger partial charge in [-0.15, -0.1) is 10.2 Å². The van der Waals surface area contributed by atoms with Gasteiger partial charge in [-0.1, -0.05) is 30.0 Å². The average molecular weight is 492 g/mol. The lowest BCUT2D eigenvalue weighted by molar-refractivity contribution is -0.115. The minimum atomic E-state index is -2.97. The molecule has 33 heavy (non-hydrogen) atoms. The molecule has 0 spiro atoms. The topological polar surface area (TPSA) is 129 Å². The van der Waals surface area contributed by atoms with E-state index in [2.05, 4.69) is 15.5 Å². The fourth-order valence-corrected chi connectivity index (χ4v) is 6.35. The Kier molecular flexibility index (Phi) is 6.48. The summed E-state index contributed by atoms with van der Waals surface area (Å²) in [6.07, 6.45) is 0.985. The molecule has 1 amide bonds. The second-order valence-electron chi connectivity index (χ2n) is 8.12. The van der Waals surface area contributed by atoms with E-state index >= 15 is 0 Å². The zero-order chi connectivity index (χ0) is 23.8. The summed E-state index contributed by atoms with van der Waals surface area (Å²) in [5.41, 5.74) is 1.22. The van der Waals surface area contributed by atoms with Gasteiger partial charge in [0.1, 0.15) is 5.69 Å². The first-order valence-electron chi connectivity index (χ1n) is 10.5. The molecule has 2 atom stereocenters. The third-order valence-electron chi connectivity index (χ3n) is 5.69. The molecular formula is C21H25N5O5S2. The van der Waals surface area contributed by atoms with Crippen molar-refractivity contribution in [3.63, 3.8) is 0 Å². The molecule has 0 saturated carbocycles. The molecule has 1 saturated heterocycles. The fourth-order valence-electron chi connectivity index (χ4n) is 3.79. The number of thioether (sulfide) groups is 1. The smallest absolute Gasteiger partial charge is 0.295 e. The summed E-state index contributed by atoms with van der Waals surface area (Å²) in [4.78, 5) is 25.8. The predicted octanol–water partition coefficient (Wildman–Crippen LogP) is 1.96. The van der Waals surface area contributed by atoms with Crippen molar-refractivity contribution >= 4 is 33.2 Å². The van der Waals surface area contributed by atoms with Gasteiger partial charge in [0.05, 0.1) is 28.1 Å². The molecule has 0 bridgehead atoms. The minimum Gasteiger partial charge on any atom is -0.416 e. The van der Waals surface area contributed by atoms with E-state index in [0.717, 1.165) is 11.8 Å². The number of aromatic nitrogens is 4. The van der Waals surface area contributed by atoms with E-state index in [9.17, 15) is 18.0 Å². The van der Waals surface area contributed by atoms with Crippen LogP contribution in [0.4, 0.5) is 5.69 Å². The fraction of sp³-hybridized carbons (Fsp3) is 0.429. The Morgan fingerprint density at radius 1 is 1.30 bits per heavy atom. The highest BCUT2D eigenvalue weighted by Crippen LogP contribution is 2.26. The van der Waals surface area contributed by atoms with Gasteiger partial charge in [-0.2, -0.15) is 0 Å². The van der Waals surface area contributed by atoms with Crippen LogP contribution in [0, 0.1) is 12.8 Å². The number of hydrogen-bond acceptors (Lipinski definition) is 8. The monoisotopic (exact) mass is 491 g/mol. The number of benzene rings is 1. The first kappa shape index (κ1) is 23.3. The summed E-state index contributed by atoms with van der Waals surface area (Å²) in [7, 11) is -1.21. The third-order valence-corrected chi connectivity index (χ3v) is 8.46. The first-order valence-corrected chi connectivity index (χ1v) is 13.2. The summed E-state index contributed by atoms with van der Waals surface area (Å²) in [5.74, 6) is 0.287. The highest BCUT2D eigenvalue weighted by Gasteiger charge is 2.30. The van der Waals surface area contributed by atoms with Gasteiger partial charge < -0.3 is 9.73 Å². The van der Waals surface area contributed by atoms with Gasteiger partial charge in [0.2, 0.25) is 11.8 Å². The number of sulfone groups is 1. The molecule has 1 aliphatic rings. The lowest BCUT2D eigenvalue weighted by atomic mass is 10.1. The van der Waals surface area contributed by atoms with Crippen molar-refractivity contribution < 1.29 is 17.6 Å². The molecular weight excluding hydrogens is 466 g/mol. The van der Waals surface area contributed by atoms with Gasteiger partial charge in [0.15, 0.2) is 9.84 Å². The van der Waals surface area contributed by atoms with E-state index < -0.39 is 15.1 Å². The lowest BCUT2D eigenvalue weighted by Crippen LogP contribution is -2.27. The van der Waals surface area contributed by atoms with Crippen LogP contribution < -0.4 is 10.9 Å². The molecule has 176 valence electrons. The van der Waals surface area contributed by atoms with Crippen LogP contribution in [0.2, 0.25) is 0 Å². The van der Waals surface area contributed by atoms with Crippen LogP contribution in [0.3, 0.4) is 0 Å². The Balaban J connectivity index is 1.42. The van der Waals surface area contributed by atoms with Gasteiger partial charge in [-0.3, -0.25) is 14.3 Å². The number of carbonyl (C=O) groups excluding carboxylic acids is 1. The van der Waals surface area contributed by atoms with Crippen LogP contribution in [0.1, 0.15) is 24.9 Å². The molecule has 10 nitrogen and oxygen atoms in total. The van der Waals surface area contributed by atoms with Gasteiger partial charge in [0.25, 0.3) is 10.8 Å². The molecule has 0 unspecified atom stereocenters. The lowest BCUT2D eigenvalue weighted by Gasteiger charge is -2.09. The summed E-state index contributed by atoms with van der Waals surface area (Å²) < 4.78 is 32.0. The zero-order valence-corrected chi connectivity index (χ0v) is 20.1. The number of rotatable bonds is 7. The molecule has 1 aromatic carbocycles. The Bertz CT molecular complexity index is 1330. The number of hydrogen-bond donors (Lipinski definition) is 1. The molecule has 0 aliphatic carbocycles. The molecule has 0 radical (unpaired) electrons.